The minimum Gasteiger partial charge on any atom is -0.286 e. The van der Waals surface area contributed by atoms with Gasteiger partial charge in [-0.15, -0.1) is 0 Å². The van der Waals surface area contributed by atoms with Crippen LogP contribution in [0.25, 0.3) is 0 Å². The van der Waals surface area contributed by atoms with E-state index in [0.717, 1.165) is 21.1 Å². The van der Waals surface area contributed by atoms with Crippen LogP contribution in [0.4, 0.5) is 8.78 Å². The first kappa shape index (κ1) is 11.7. The van der Waals surface area contributed by atoms with Gasteiger partial charge in [-0.2, -0.15) is 0 Å². The molecule has 0 atom stereocenters. The van der Waals surface area contributed by atoms with E-state index in [2.05, 4.69) is 20.9 Å². The van der Waals surface area contributed by atoms with Gasteiger partial charge in [0.1, 0.15) is 11.6 Å². The molecule has 2 rings (SSSR count). The summed E-state index contributed by atoms with van der Waals surface area (Å²) in [7, 11) is 0. The molecule has 0 amide bonds. The second kappa shape index (κ2) is 4.63. The quantitative estimate of drug-likeness (QED) is 0.838. The Balaban J connectivity index is 2.27. The highest BCUT2D eigenvalue weighted by molar-refractivity contribution is 9.10. The smallest absolute Gasteiger partial charge is 0.257 e. The molecule has 1 aliphatic heterocycles. The molecular weight excluding hydrogens is 300 g/mol. The summed E-state index contributed by atoms with van der Waals surface area (Å²) in [5.74, 6) is -0.270. The number of nitrogens with zero attached hydrogens (tertiary/aromatic N) is 1. The Labute approximate surface area is 103 Å². The Bertz CT molecular complexity index is 476. The summed E-state index contributed by atoms with van der Waals surface area (Å²) in [5, 5.41) is 0.147. The number of halogens is 3. The van der Waals surface area contributed by atoms with Crippen LogP contribution in [-0.4, -0.2) is 23.8 Å². The minimum atomic E-state index is -2.52. The third-order valence-electron chi connectivity index (χ3n) is 1.96. The van der Waals surface area contributed by atoms with Crippen molar-refractivity contribution in [2.24, 2.45) is 4.99 Å². The fourth-order valence-electron chi connectivity index (χ4n) is 1.29. The highest BCUT2D eigenvalue weighted by Gasteiger charge is 2.27. The topological polar surface area (TPSA) is 29.4 Å². The van der Waals surface area contributed by atoms with E-state index >= 15 is 0 Å². The molecule has 6 heteroatoms. The normalized spacial score (nSPS) is 17.2. The zero-order chi connectivity index (χ0) is 11.7. The van der Waals surface area contributed by atoms with E-state index in [1.165, 1.54) is 0 Å². The van der Waals surface area contributed by atoms with Crippen molar-refractivity contribution >= 4 is 38.5 Å². The lowest BCUT2D eigenvalue weighted by Crippen LogP contribution is -2.07. The molecule has 1 heterocycles. The van der Waals surface area contributed by atoms with Crippen molar-refractivity contribution in [3.05, 3.63) is 28.2 Å². The molecule has 0 radical (unpaired) electrons. The lowest BCUT2D eigenvalue weighted by atomic mass is 10.1. The van der Waals surface area contributed by atoms with Crippen LogP contribution in [0.1, 0.15) is 10.4 Å². The zero-order valence-corrected chi connectivity index (χ0v) is 10.3. The van der Waals surface area contributed by atoms with Gasteiger partial charge in [-0.1, -0.05) is 27.7 Å². The van der Waals surface area contributed by atoms with Crippen molar-refractivity contribution in [1.82, 2.24) is 0 Å². The van der Waals surface area contributed by atoms with E-state index in [1.807, 2.05) is 0 Å². The standard InChI is InChI=1S/C10H6BrF2NOS/c11-5-1-2-6-7(3-5)16-10(9(6)15)14-4-8(12)13/h1-3,8H,4H2/b14-10-. The number of thioether (sulfide) groups is 1. The highest BCUT2D eigenvalue weighted by Crippen LogP contribution is 2.35. The Hall–Kier alpha value is -0.750. The van der Waals surface area contributed by atoms with Crippen LogP contribution in [-0.2, 0) is 0 Å². The maximum absolute atomic E-state index is 12.0. The van der Waals surface area contributed by atoms with Crippen LogP contribution in [0, 0.1) is 0 Å². The fourth-order valence-corrected chi connectivity index (χ4v) is 2.81. The van der Waals surface area contributed by atoms with Gasteiger partial charge in [0.25, 0.3) is 6.43 Å². The fraction of sp³-hybridized carbons (Fsp3) is 0.200. The number of hydrogen-bond donors (Lipinski definition) is 0. The molecule has 0 aromatic heterocycles. The van der Waals surface area contributed by atoms with E-state index in [4.69, 9.17) is 0 Å². The minimum absolute atomic E-state index is 0.147. The van der Waals surface area contributed by atoms with Crippen molar-refractivity contribution in [2.75, 3.05) is 6.54 Å². The molecule has 0 unspecified atom stereocenters. The zero-order valence-electron chi connectivity index (χ0n) is 7.91. The molecule has 1 aliphatic rings. The van der Waals surface area contributed by atoms with Crippen LogP contribution in [0.5, 0.6) is 0 Å². The first-order chi connectivity index (χ1) is 7.58. The third kappa shape index (κ3) is 2.32. The lowest BCUT2D eigenvalue weighted by molar-refractivity contribution is 0.106. The Kier molecular flexibility index (Phi) is 3.39. The van der Waals surface area contributed by atoms with E-state index in [1.54, 1.807) is 18.2 Å². The number of benzene rings is 1. The molecule has 2 nitrogen and oxygen atoms in total. The first-order valence-corrected chi connectivity index (χ1v) is 6.03. The second-order valence-corrected chi connectivity index (χ2v) is 5.05. The van der Waals surface area contributed by atoms with E-state index in [0.29, 0.717) is 5.56 Å². The van der Waals surface area contributed by atoms with Gasteiger partial charge in [0.15, 0.2) is 0 Å². The molecule has 0 saturated carbocycles. The number of aliphatic imine (C=N–C) groups is 1. The molecule has 1 aromatic rings. The van der Waals surface area contributed by atoms with Gasteiger partial charge >= 0.3 is 0 Å². The van der Waals surface area contributed by atoms with E-state index in [-0.39, 0.29) is 10.8 Å². The molecule has 0 saturated heterocycles. The molecule has 84 valence electrons. The van der Waals surface area contributed by atoms with Gasteiger partial charge in [-0.05, 0) is 18.2 Å². The SMILES string of the molecule is O=C1/C(=N/CC(F)F)Sc2cc(Br)ccc21. The molecular formula is C10H6BrF2NOS. The average Bonchev–Trinajstić information content (AvgIpc) is 2.52. The predicted octanol–water partition coefficient (Wildman–Crippen LogP) is 3.40. The molecule has 0 bridgehead atoms. The number of alkyl halides is 2. The van der Waals surface area contributed by atoms with Crippen molar-refractivity contribution in [3.8, 4) is 0 Å². The summed E-state index contributed by atoms with van der Waals surface area (Å²) in [5.41, 5.74) is 0.529. The third-order valence-corrected chi connectivity index (χ3v) is 3.52. The largest absolute Gasteiger partial charge is 0.286 e. The Morgan fingerprint density at radius 3 is 2.88 bits per heavy atom. The first-order valence-electron chi connectivity index (χ1n) is 4.42. The van der Waals surface area contributed by atoms with E-state index < -0.39 is 13.0 Å². The van der Waals surface area contributed by atoms with Crippen molar-refractivity contribution < 1.29 is 13.6 Å². The number of hydrogen-bond acceptors (Lipinski definition) is 3. The van der Waals surface area contributed by atoms with Gasteiger partial charge < -0.3 is 0 Å². The van der Waals surface area contributed by atoms with Crippen LogP contribution in [0.3, 0.4) is 0 Å². The number of Topliss-reactive ketones (excluding diaryl/α,β-unsaturated/α-hetero) is 1. The molecule has 0 N–H and O–H groups in total. The summed E-state index contributed by atoms with van der Waals surface area (Å²) in [6.45, 7) is -0.622. The van der Waals surface area contributed by atoms with Crippen molar-refractivity contribution in [1.29, 1.82) is 0 Å². The van der Waals surface area contributed by atoms with Crippen LogP contribution >= 0.6 is 27.7 Å². The van der Waals surface area contributed by atoms with Crippen molar-refractivity contribution in [2.45, 2.75) is 11.3 Å². The predicted molar refractivity (Wildman–Crippen MR) is 62.6 cm³/mol. The highest BCUT2D eigenvalue weighted by atomic mass is 79.9. The Morgan fingerprint density at radius 1 is 1.44 bits per heavy atom. The number of rotatable bonds is 2. The van der Waals surface area contributed by atoms with Gasteiger partial charge in [0.05, 0.1) is 0 Å². The van der Waals surface area contributed by atoms with Gasteiger partial charge in [-0.3, -0.25) is 9.79 Å². The molecule has 0 aliphatic carbocycles. The van der Waals surface area contributed by atoms with Gasteiger partial charge in [0, 0.05) is 14.9 Å². The average molecular weight is 306 g/mol. The summed E-state index contributed by atoms with van der Waals surface area (Å²) in [6, 6.07) is 5.19. The van der Waals surface area contributed by atoms with E-state index in [9.17, 15) is 13.6 Å². The van der Waals surface area contributed by atoms with Crippen LogP contribution in [0.2, 0.25) is 0 Å². The number of ketones is 1. The Morgan fingerprint density at radius 2 is 2.19 bits per heavy atom. The van der Waals surface area contributed by atoms with Crippen LogP contribution < -0.4 is 0 Å². The lowest BCUT2D eigenvalue weighted by Gasteiger charge is -1.94. The maximum atomic E-state index is 12.0. The number of carbonyl (C=O) groups excluding carboxylic acids is 1. The number of carbonyl (C=O) groups is 1. The molecule has 0 spiro atoms. The summed E-state index contributed by atoms with van der Waals surface area (Å²) >= 11 is 4.42. The number of fused-ring (bicyclic) bond motifs is 1. The molecule has 16 heavy (non-hydrogen) atoms. The van der Waals surface area contributed by atoms with Crippen LogP contribution in [0.15, 0.2) is 32.6 Å². The van der Waals surface area contributed by atoms with Crippen molar-refractivity contribution in [3.63, 3.8) is 0 Å². The monoisotopic (exact) mass is 305 g/mol. The summed E-state index contributed by atoms with van der Waals surface area (Å²) in [4.78, 5) is 16.1. The van der Waals surface area contributed by atoms with Gasteiger partial charge in [-0.25, -0.2) is 8.78 Å². The van der Waals surface area contributed by atoms with Gasteiger partial charge in [0.2, 0.25) is 5.78 Å². The summed E-state index contributed by atoms with van der Waals surface area (Å²) in [6.07, 6.45) is -2.52. The summed E-state index contributed by atoms with van der Waals surface area (Å²) < 4.78 is 24.8. The second-order valence-electron chi connectivity index (χ2n) is 3.11. The molecule has 0 fully saturated rings. The maximum Gasteiger partial charge on any atom is 0.257 e. The molecule has 1 aromatic carbocycles.